The zero-order valence-electron chi connectivity index (χ0n) is 12.1. The molecule has 0 radical (unpaired) electrons. The van der Waals surface area contributed by atoms with Crippen molar-refractivity contribution in [2.75, 3.05) is 23.7 Å². The average molecular weight is 266 g/mol. The molecule has 1 aliphatic rings. The zero-order chi connectivity index (χ0) is 13.9. The summed E-state index contributed by atoms with van der Waals surface area (Å²) in [6, 6.07) is 15.3. The van der Waals surface area contributed by atoms with E-state index in [2.05, 4.69) is 48.2 Å². The second-order valence-electron chi connectivity index (χ2n) is 5.73. The molecule has 2 aromatic carbocycles. The number of benzene rings is 2. The summed E-state index contributed by atoms with van der Waals surface area (Å²) in [6.45, 7) is 4.47. The lowest BCUT2D eigenvalue weighted by molar-refractivity contribution is 0.949. The number of rotatable bonds is 3. The predicted molar refractivity (Wildman–Crippen MR) is 86.3 cm³/mol. The zero-order valence-corrected chi connectivity index (χ0v) is 12.1. The molecule has 0 atom stereocenters. The van der Waals surface area contributed by atoms with Crippen LogP contribution < -0.4 is 10.6 Å². The Morgan fingerprint density at radius 3 is 2.25 bits per heavy atom. The molecule has 1 aliphatic heterocycles. The van der Waals surface area contributed by atoms with Crippen LogP contribution in [0.5, 0.6) is 0 Å². The molecule has 0 saturated carbocycles. The van der Waals surface area contributed by atoms with Crippen molar-refractivity contribution in [3.8, 4) is 0 Å². The molecule has 3 rings (SSSR count). The third kappa shape index (κ3) is 2.79. The van der Waals surface area contributed by atoms with E-state index in [0.717, 1.165) is 17.7 Å². The molecular formula is C18H22N2. The highest BCUT2D eigenvalue weighted by atomic mass is 15.1. The van der Waals surface area contributed by atoms with E-state index in [1.54, 1.807) is 0 Å². The molecule has 0 aromatic heterocycles. The molecule has 0 unspecified atom stereocenters. The molecule has 0 bridgehead atoms. The Bertz CT molecular complexity index is 581. The predicted octanol–water partition coefficient (Wildman–Crippen LogP) is 3.77. The Hall–Kier alpha value is -1.96. The molecule has 2 nitrogen and oxygen atoms in total. The van der Waals surface area contributed by atoms with Crippen LogP contribution in [0.15, 0.2) is 42.5 Å². The molecule has 0 spiro atoms. The Morgan fingerprint density at radius 2 is 1.60 bits per heavy atom. The van der Waals surface area contributed by atoms with E-state index in [-0.39, 0.29) is 0 Å². The van der Waals surface area contributed by atoms with E-state index < -0.39 is 0 Å². The molecule has 2 heteroatoms. The minimum absolute atomic E-state index is 0.873. The first-order chi connectivity index (χ1) is 9.72. The number of hydrogen-bond donors (Lipinski definition) is 1. The number of nitrogen functional groups attached to an aromatic ring is 1. The van der Waals surface area contributed by atoms with Crippen LogP contribution in [0.1, 0.15) is 29.5 Å². The molecule has 20 heavy (non-hydrogen) atoms. The van der Waals surface area contributed by atoms with Crippen LogP contribution in [0.4, 0.5) is 11.4 Å². The minimum atomic E-state index is 0.873. The van der Waals surface area contributed by atoms with Crippen LogP contribution in [-0.4, -0.2) is 13.1 Å². The largest absolute Gasteiger partial charge is 0.399 e. The van der Waals surface area contributed by atoms with Gasteiger partial charge in [-0.2, -0.15) is 0 Å². The molecule has 0 amide bonds. The van der Waals surface area contributed by atoms with Crippen molar-refractivity contribution in [3.63, 3.8) is 0 Å². The molecule has 104 valence electrons. The average Bonchev–Trinajstić information content (AvgIpc) is 2.98. The van der Waals surface area contributed by atoms with Gasteiger partial charge in [0.25, 0.3) is 0 Å². The second kappa shape index (κ2) is 5.58. The molecule has 0 aliphatic carbocycles. The van der Waals surface area contributed by atoms with E-state index in [1.807, 2.05) is 6.07 Å². The van der Waals surface area contributed by atoms with Crippen molar-refractivity contribution < 1.29 is 0 Å². The van der Waals surface area contributed by atoms with Crippen molar-refractivity contribution in [1.29, 1.82) is 0 Å². The topological polar surface area (TPSA) is 29.3 Å². The smallest absolute Gasteiger partial charge is 0.0366 e. The monoisotopic (exact) mass is 266 g/mol. The highest BCUT2D eigenvalue weighted by Crippen LogP contribution is 2.22. The third-order valence-corrected chi connectivity index (χ3v) is 4.15. The molecule has 2 aromatic rings. The van der Waals surface area contributed by atoms with Crippen LogP contribution >= 0.6 is 0 Å². The van der Waals surface area contributed by atoms with E-state index in [9.17, 15) is 0 Å². The maximum atomic E-state index is 5.87. The van der Waals surface area contributed by atoms with Crippen LogP contribution in [-0.2, 0) is 6.42 Å². The first-order valence-corrected chi connectivity index (χ1v) is 7.41. The second-order valence-corrected chi connectivity index (χ2v) is 5.73. The molecule has 2 N–H and O–H groups in total. The van der Waals surface area contributed by atoms with Gasteiger partial charge < -0.3 is 10.6 Å². The number of anilines is 2. The number of aryl methyl sites for hydroxylation is 1. The fraction of sp³-hybridized carbons (Fsp3) is 0.333. The first-order valence-electron chi connectivity index (χ1n) is 7.41. The van der Waals surface area contributed by atoms with Crippen LogP contribution in [0.25, 0.3) is 0 Å². The van der Waals surface area contributed by atoms with Crippen molar-refractivity contribution in [3.05, 3.63) is 59.2 Å². The maximum absolute atomic E-state index is 5.87. The van der Waals surface area contributed by atoms with Crippen molar-refractivity contribution in [1.82, 2.24) is 0 Å². The molecule has 1 fully saturated rings. The Labute approximate surface area is 121 Å². The van der Waals surface area contributed by atoms with E-state index in [1.165, 1.54) is 42.7 Å². The van der Waals surface area contributed by atoms with E-state index >= 15 is 0 Å². The van der Waals surface area contributed by atoms with Gasteiger partial charge in [-0.05, 0) is 61.1 Å². The van der Waals surface area contributed by atoms with E-state index in [4.69, 9.17) is 5.73 Å². The number of hydrogen-bond acceptors (Lipinski definition) is 2. The number of nitrogens with two attached hydrogens (primary N) is 1. The third-order valence-electron chi connectivity index (χ3n) is 4.15. The summed E-state index contributed by atoms with van der Waals surface area (Å²) in [7, 11) is 0. The minimum Gasteiger partial charge on any atom is -0.399 e. The summed E-state index contributed by atoms with van der Waals surface area (Å²) in [6.07, 6.45) is 3.63. The SMILES string of the molecule is Cc1cc(Cc2ccc(N3CCCC3)cc2)ccc1N. The normalized spacial score (nSPS) is 14.8. The standard InChI is InChI=1S/C18H22N2/c1-14-12-16(6-9-18(14)19)13-15-4-7-17(8-5-15)20-10-2-3-11-20/h4-9,12H,2-3,10-11,13,19H2,1H3. The summed E-state index contributed by atoms with van der Waals surface area (Å²) in [4.78, 5) is 2.47. The lowest BCUT2D eigenvalue weighted by atomic mass is 10.0. The van der Waals surface area contributed by atoms with Gasteiger partial charge in [-0.1, -0.05) is 24.3 Å². The Balaban J connectivity index is 1.72. The van der Waals surface area contributed by atoms with Crippen molar-refractivity contribution in [2.24, 2.45) is 0 Å². The van der Waals surface area contributed by atoms with Gasteiger partial charge in [0.2, 0.25) is 0 Å². The van der Waals surface area contributed by atoms with Gasteiger partial charge in [0.15, 0.2) is 0 Å². The van der Waals surface area contributed by atoms with Crippen LogP contribution in [0, 0.1) is 6.92 Å². The van der Waals surface area contributed by atoms with Gasteiger partial charge in [-0.25, -0.2) is 0 Å². The molecule has 1 heterocycles. The summed E-state index contributed by atoms with van der Waals surface area (Å²) in [5, 5.41) is 0. The highest BCUT2D eigenvalue weighted by Gasteiger charge is 2.11. The first kappa shape index (κ1) is 13.0. The summed E-state index contributed by atoms with van der Waals surface area (Å²) >= 11 is 0. The van der Waals surface area contributed by atoms with E-state index in [0.29, 0.717) is 0 Å². The van der Waals surface area contributed by atoms with Crippen molar-refractivity contribution >= 4 is 11.4 Å². The van der Waals surface area contributed by atoms with Gasteiger partial charge in [0.1, 0.15) is 0 Å². The quantitative estimate of drug-likeness (QED) is 0.857. The Kier molecular flexibility index (Phi) is 3.64. The summed E-state index contributed by atoms with van der Waals surface area (Å²) < 4.78 is 0. The summed E-state index contributed by atoms with van der Waals surface area (Å²) in [5.74, 6) is 0. The van der Waals surface area contributed by atoms with Gasteiger partial charge >= 0.3 is 0 Å². The lowest BCUT2D eigenvalue weighted by Crippen LogP contribution is -2.17. The van der Waals surface area contributed by atoms with Gasteiger partial charge in [-0.15, -0.1) is 0 Å². The lowest BCUT2D eigenvalue weighted by Gasteiger charge is -2.17. The van der Waals surface area contributed by atoms with Crippen molar-refractivity contribution in [2.45, 2.75) is 26.2 Å². The highest BCUT2D eigenvalue weighted by molar-refractivity contribution is 5.50. The summed E-state index contributed by atoms with van der Waals surface area (Å²) in [5.41, 5.74) is 11.9. The Morgan fingerprint density at radius 1 is 0.950 bits per heavy atom. The van der Waals surface area contributed by atoms with Gasteiger partial charge in [0, 0.05) is 24.5 Å². The number of nitrogens with zero attached hydrogens (tertiary/aromatic N) is 1. The fourth-order valence-corrected chi connectivity index (χ4v) is 2.88. The van der Waals surface area contributed by atoms with Crippen LogP contribution in [0.2, 0.25) is 0 Å². The fourth-order valence-electron chi connectivity index (χ4n) is 2.88. The van der Waals surface area contributed by atoms with Crippen LogP contribution in [0.3, 0.4) is 0 Å². The van der Waals surface area contributed by atoms with Gasteiger partial charge in [0.05, 0.1) is 0 Å². The maximum Gasteiger partial charge on any atom is 0.0366 e. The molecule has 1 saturated heterocycles. The van der Waals surface area contributed by atoms with Gasteiger partial charge in [-0.3, -0.25) is 0 Å². The molecular weight excluding hydrogens is 244 g/mol.